The number of phenols is 1. The van der Waals surface area contributed by atoms with Gasteiger partial charge in [0, 0.05) is 5.02 Å². The van der Waals surface area contributed by atoms with Gasteiger partial charge in [-0.25, -0.2) is 0 Å². The Morgan fingerprint density at radius 2 is 1.82 bits per heavy atom. The largest absolute Gasteiger partial charge is 0.508 e. The maximum Gasteiger partial charge on any atom is 0.191 e. The van der Waals surface area contributed by atoms with Gasteiger partial charge in [-0.3, -0.25) is 5.43 Å². The Labute approximate surface area is 143 Å². The minimum absolute atomic E-state index is 0.206. The van der Waals surface area contributed by atoms with E-state index in [1.165, 1.54) is 0 Å². The number of aromatic hydroxyl groups is 1. The van der Waals surface area contributed by atoms with E-state index in [2.05, 4.69) is 15.8 Å². The second-order valence-corrected chi connectivity index (χ2v) is 5.69. The summed E-state index contributed by atoms with van der Waals surface area (Å²) >= 11 is 17.1. The van der Waals surface area contributed by atoms with E-state index < -0.39 is 0 Å². The van der Waals surface area contributed by atoms with Gasteiger partial charge >= 0.3 is 0 Å². The summed E-state index contributed by atoms with van der Waals surface area (Å²) in [6.45, 7) is 1.83. The Balaban J connectivity index is 2.01. The van der Waals surface area contributed by atoms with Crippen LogP contribution in [0.3, 0.4) is 0 Å². The van der Waals surface area contributed by atoms with Gasteiger partial charge in [-0.2, -0.15) is 5.10 Å². The molecule has 22 heavy (non-hydrogen) atoms. The summed E-state index contributed by atoms with van der Waals surface area (Å²) in [7, 11) is 0. The van der Waals surface area contributed by atoms with Crippen LogP contribution < -0.4 is 10.7 Å². The molecule has 0 aromatic heterocycles. The van der Waals surface area contributed by atoms with Crippen LogP contribution in [0.15, 0.2) is 47.6 Å². The molecule has 2 aromatic carbocycles. The minimum atomic E-state index is 0.206. The fraction of sp³-hybridized carbons (Fsp3) is 0.0667. The number of anilines is 1. The molecule has 2 aromatic rings. The van der Waals surface area contributed by atoms with Crippen LogP contribution in [0, 0.1) is 0 Å². The Morgan fingerprint density at radius 3 is 2.50 bits per heavy atom. The molecule has 0 radical (unpaired) electrons. The van der Waals surface area contributed by atoms with Crippen LogP contribution in [0.2, 0.25) is 10.0 Å². The number of nitrogens with zero attached hydrogens (tertiary/aromatic N) is 1. The van der Waals surface area contributed by atoms with Crippen LogP contribution in [0.5, 0.6) is 5.75 Å². The highest BCUT2D eigenvalue weighted by molar-refractivity contribution is 7.80. The van der Waals surface area contributed by atoms with Crippen molar-refractivity contribution in [3.8, 4) is 5.75 Å². The van der Waals surface area contributed by atoms with Crippen molar-refractivity contribution < 1.29 is 5.11 Å². The first-order valence-corrected chi connectivity index (χ1v) is 7.48. The lowest BCUT2D eigenvalue weighted by molar-refractivity contribution is 0.475. The van der Waals surface area contributed by atoms with Crippen LogP contribution in [-0.4, -0.2) is 15.9 Å². The molecule has 0 fully saturated rings. The van der Waals surface area contributed by atoms with Crippen molar-refractivity contribution in [1.29, 1.82) is 0 Å². The molecule has 2 rings (SSSR count). The first-order chi connectivity index (χ1) is 10.5. The van der Waals surface area contributed by atoms with E-state index in [0.29, 0.717) is 20.8 Å². The molecule has 0 heterocycles. The smallest absolute Gasteiger partial charge is 0.191 e. The lowest BCUT2D eigenvalue weighted by atomic mass is 10.1. The van der Waals surface area contributed by atoms with Crippen LogP contribution in [0.1, 0.15) is 12.5 Å². The molecule has 0 saturated heterocycles. The number of benzene rings is 2. The Morgan fingerprint density at radius 1 is 1.14 bits per heavy atom. The van der Waals surface area contributed by atoms with Crippen molar-refractivity contribution in [1.82, 2.24) is 5.43 Å². The molecule has 0 unspecified atom stereocenters. The SMILES string of the molecule is C/C(=N\NC(=S)Nc1cc(Cl)ccc1Cl)c1ccc(O)cc1. The molecule has 0 atom stereocenters. The van der Waals surface area contributed by atoms with E-state index in [-0.39, 0.29) is 5.75 Å². The highest BCUT2D eigenvalue weighted by Crippen LogP contribution is 2.25. The van der Waals surface area contributed by atoms with E-state index in [0.717, 1.165) is 11.3 Å². The number of thiocarbonyl (C=S) groups is 1. The summed E-state index contributed by atoms with van der Waals surface area (Å²) < 4.78 is 0. The fourth-order valence-corrected chi connectivity index (χ4v) is 2.14. The van der Waals surface area contributed by atoms with E-state index in [4.69, 9.17) is 35.4 Å². The number of nitrogens with one attached hydrogen (secondary N) is 2. The second kappa shape index (κ2) is 7.45. The number of hydrogen-bond acceptors (Lipinski definition) is 3. The fourth-order valence-electron chi connectivity index (χ4n) is 1.65. The molecule has 4 nitrogen and oxygen atoms in total. The van der Waals surface area contributed by atoms with Crippen molar-refractivity contribution in [2.75, 3.05) is 5.32 Å². The van der Waals surface area contributed by atoms with E-state index in [1.807, 2.05) is 6.92 Å². The molecule has 0 spiro atoms. The minimum Gasteiger partial charge on any atom is -0.508 e. The maximum atomic E-state index is 9.26. The van der Waals surface area contributed by atoms with Gasteiger partial charge in [0.2, 0.25) is 0 Å². The number of phenolic OH excluding ortho intramolecular Hbond substituents is 1. The van der Waals surface area contributed by atoms with Gasteiger partial charge < -0.3 is 10.4 Å². The predicted molar refractivity (Wildman–Crippen MR) is 96.1 cm³/mol. The van der Waals surface area contributed by atoms with Crippen LogP contribution in [-0.2, 0) is 0 Å². The summed E-state index contributed by atoms with van der Waals surface area (Å²) in [6, 6.07) is 11.8. The zero-order valence-electron chi connectivity index (χ0n) is 11.6. The molecule has 0 aliphatic rings. The van der Waals surface area contributed by atoms with E-state index >= 15 is 0 Å². The molecule has 0 bridgehead atoms. The van der Waals surface area contributed by atoms with Crippen molar-refractivity contribution in [2.24, 2.45) is 5.10 Å². The highest BCUT2D eigenvalue weighted by Gasteiger charge is 2.04. The zero-order chi connectivity index (χ0) is 16.1. The van der Waals surface area contributed by atoms with Crippen molar-refractivity contribution in [3.63, 3.8) is 0 Å². The number of hydrogen-bond donors (Lipinski definition) is 3. The lowest BCUT2D eigenvalue weighted by Crippen LogP contribution is -2.25. The number of halogens is 2. The van der Waals surface area contributed by atoms with Crippen molar-refractivity contribution in [2.45, 2.75) is 6.92 Å². The topological polar surface area (TPSA) is 56.7 Å². The summed E-state index contributed by atoms with van der Waals surface area (Å²) in [5, 5.41) is 17.7. The average Bonchev–Trinajstić information content (AvgIpc) is 2.49. The van der Waals surface area contributed by atoms with Gasteiger partial charge in [0.1, 0.15) is 5.75 Å². The van der Waals surface area contributed by atoms with Gasteiger partial charge in [-0.05, 0) is 67.2 Å². The van der Waals surface area contributed by atoms with Crippen LogP contribution >= 0.6 is 35.4 Å². The number of hydrazone groups is 1. The molecule has 3 N–H and O–H groups in total. The third-order valence-corrected chi connectivity index (χ3v) is 3.54. The second-order valence-electron chi connectivity index (χ2n) is 4.43. The van der Waals surface area contributed by atoms with E-state index in [1.54, 1.807) is 42.5 Å². The molecule has 0 saturated carbocycles. The monoisotopic (exact) mass is 353 g/mol. The van der Waals surface area contributed by atoms with Crippen LogP contribution in [0.4, 0.5) is 5.69 Å². The summed E-state index contributed by atoms with van der Waals surface area (Å²) in [4.78, 5) is 0. The highest BCUT2D eigenvalue weighted by atomic mass is 35.5. The van der Waals surface area contributed by atoms with Gasteiger partial charge in [0.05, 0.1) is 16.4 Å². The van der Waals surface area contributed by atoms with Crippen LogP contribution in [0.25, 0.3) is 0 Å². The molecular formula is C15H13Cl2N3OS. The third-order valence-electron chi connectivity index (χ3n) is 2.79. The molecule has 7 heteroatoms. The normalized spacial score (nSPS) is 11.1. The summed E-state index contributed by atoms with van der Waals surface area (Å²) in [5.74, 6) is 0.206. The average molecular weight is 354 g/mol. The quantitative estimate of drug-likeness (QED) is 0.434. The van der Waals surface area contributed by atoms with Crippen molar-refractivity contribution >= 4 is 51.9 Å². The van der Waals surface area contributed by atoms with E-state index in [9.17, 15) is 5.11 Å². The molecule has 0 amide bonds. The van der Waals surface area contributed by atoms with Gasteiger partial charge in [0.25, 0.3) is 0 Å². The molecule has 0 aliphatic carbocycles. The molecule has 114 valence electrons. The first-order valence-electron chi connectivity index (χ1n) is 6.31. The Kier molecular flexibility index (Phi) is 5.60. The third kappa shape index (κ3) is 4.59. The molecule has 0 aliphatic heterocycles. The lowest BCUT2D eigenvalue weighted by Gasteiger charge is -2.10. The predicted octanol–water partition coefficient (Wildman–Crippen LogP) is 4.41. The van der Waals surface area contributed by atoms with Crippen molar-refractivity contribution in [3.05, 3.63) is 58.1 Å². The zero-order valence-corrected chi connectivity index (χ0v) is 13.9. The standard InChI is InChI=1S/C15H13Cl2N3OS/c1-9(10-2-5-12(21)6-3-10)19-20-15(22)18-14-8-11(16)4-7-13(14)17/h2-8,21H,1H3,(H2,18,20,22)/b19-9+. The molecular weight excluding hydrogens is 341 g/mol. The first kappa shape index (κ1) is 16.5. The van der Waals surface area contributed by atoms with Gasteiger partial charge in [-0.1, -0.05) is 23.2 Å². The maximum absolute atomic E-state index is 9.26. The van der Waals surface area contributed by atoms with Gasteiger partial charge in [-0.15, -0.1) is 0 Å². The van der Waals surface area contributed by atoms with Gasteiger partial charge in [0.15, 0.2) is 5.11 Å². The number of rotatable bonds is 3. The summed E-state index contributed by atoms with van der Waals surface area (Å²) in [6.07, 6.45) is 0. The Bertz CT molecular complexity index is 717. The Hall–Kier alpha value is -1.82. The summed E-state index contributed by atoms with van der Waals surface area (Å²) in [5.41, 5.74) is 4.93.